The second kappa shape index (κ2) is 10.7. The zero-order valence-corrected chi connectivity index (χ0v) is 18.7. The lowest BCUT2D eigenvalue weighted by Gasteiger charge is -2.32. The van der Waals surface area contributed by atoms with Gasteiger partial charge < -0.3 is 15.1 Å². The topological polar surface area (TPSA) is 61.4 Å². The highest BCUT2D eigenvalue weighted by Gasteiger charge is 2.26. The Morgan fingerprint density at radius 3 is 2.55 bits per heavy atom. The first kappa shape index (κ1) is 21.8. The van der Waals surface area contributed by atoms with Crippen LogP contribution in [0.5, 0.6) is 0 Å². The summed E-state index contributed by atoms with van der Waals surface area (Å²) in [5.41, 5.74) is 3.19. The molecule has 3 heterocycles. The van der Waals surface area contributed by atoms with Gasteiger partial charge in [0.1, 0.15) is 0 Å². The van der Waals surface area contributed by atoms with Crippen LogP contribution in [0.3, 0.4) is 0 Å². The Balaban J connectivity index is 1.25. The van der Waals surface area contributed by atoms with Gasteiger partial charge in [0.15, 0.2) is 5.82 Å². The number of carbonyl (C=O) groups excluding carboxylic acids is 1. The molecule has 2 saturated heterocycles. The number of amides is 1. The first-order chi connectivity index (χ1) is 15.2. The molecule has 0 aliphatic carbocycles. The summed E-state index contributed by atoms with van der Waals surface area (Å²) in [6, 6.07) is 12.4. The van der Waals surface area contributed by atoms with E-state index in [1.165, 1.54) is 37.9 Å². The molecule has 0 saturated carbocycles. The van der Waals surface area contributed by atoms with Crippen LogP contribution in [0.4, 0.5) is 5.82 Å². The summed E-state index contributed by atoms with van der Waals surface area (Å²) in [6.45, 7) is 8.03. The molecule has 1 atom stereocenters. The van der Waals surface area contributed by atoms with E-state index >= 15 is 0 Å². The molecule has 2 fully saturated rings. The van der Waals surface area contributed by atoms with Gasteiger partial charge in [0.25, 0.3) is 0 Å². The fourth-order valence-corrected chi connectivity index (χ4v) is 4.61. The molecule has 2 aliphatic heterocycles. The van der Waals surface area contributed by atoms with Crippen molar-refractivity contribution in [2.24, 2.45) is 5.92 Å². The summed E-state index contributed by atoms with van der Waals surface area (Å²) in [6.07, 6.45) is 6.99. The molecular weight excluding hydrogens is 386 g/mol. The maximum absolute atomic E-state index is 12.7. The molecule has 31 heavy (non-hydrogen) atoms. The van der Waals surface area contributed by atoms with Crippen molar-refractivity contribution in [1.29, 1.82) is 0 Å². The number of rotatable bonds is 7. The van der Waals surface area contributed by atoms with Crippen molar-refractivity contribution >= 4 is 11.7 Å². The third kappa shape index (κ3) is 6.03. The Bertz CT molecular complexity index is 830. The number of likely N-dealkylation sites (tertiary alicyclic amines) is 1. The van der Waals surface area contributed by atoms with E-state index in [9.17, 15) is 4.79 Å². The quantitative estimate of drug-likeness (QED) is 0.692. The van der Waals surface area contributed by atoms with E-state index < -0.39 is 0 Å². The van der Waals surface area contributed by atoms with Crippen LogP contribution in [0.15, 0.2) is 36.4 Å². The lowest BCUT2D eigenvalue weighted by molar-refractivity contribution is -0.125. The molecule has 2 aliphatic rings. The lowest BCUT2D eigenvalue weighted by atomic mass is 9.97. The summed E-state index contributed by atoms with van der Waals surface area (Å²) in [5.74, 6) is 1.08. The van der Waals surface area contributed by atoms with Crippen molar-refractivity contribution in [2.75, 3.05) is 44.2 Å². The molecule has 1 N–H and O–H groups in total. The number of anilines is 1. The van der Waals surface area contributed by atoms with Gasteiger partial charge in [0.2, 0.25) is 5.91 Å². The van der Waals surface area contributed by atoms with Crippen LogP contribution in [-0.2, 0) is 4.79 Å². The van der Waals surface area contributed by atoms with E-state index in [0.717, 1.165) is 62.5 Å². The standard InChI is InChI=1S/C25H35N5O/c1-20-8-10-21(11-9-20)23-12-13-24(28-27-23)30-18-5-7-22(19-30)25(31)26-14-6-17-29-15-3-2-4-16-29/h8-13,22H,2-7,14-19H2,1H3,(H,26,31)/t22-/m0/s1. The Kier molecular flexibility index (Phi) is 7.52. The minimum Gasteiger partial charge on any atom is -0.356 e. The lowest BCUT2D eigenvalue weighted by Crippen LogP contribution is -2.44. The first-order valence-electron chi connectivity index (χ1n) is 11.8. The number of benzene rings is 1. The Labute approximate surface area is 186 Å². The van der Waals surface area contributed by atoms with Crippen molar-refractivity contribution in [3.63, 3.8) is 0 Å². The summed E-state index contributed by atoms with van der Waals surface area (Å²) in [4.78, 5) is 17.4. The summed E-state index contributed by atoms with van der Waals surface area (Å²) < 4.78 is 0. The number of carbonyl (C=O) groups is 1. The fourth-order valence-electron chi connectivity index (χ4n) is 4.61. The highest BCUT2D eigenvalue weighted by atomic mass is 16.1. The first-order valence-corrected chi connectivity index (χ1v) is 11.8. The monoisotopic (exact) mass is 421 g/mol. The van der Waals surface area contributed by atoms with E-state index in [-0.39, 0.29) is 11.8 Å². The molecule has 1 aromatic heterocycles. The fraction of sp³-hybridized carbons (Fsp3) is 0.560. The molecule has 4 rings (SSSR count). The average Bonchev–Trinajstić information content (AvgIpc) is 2.83. The molecular formula is C25H35N5O. The van der Waals surface area contributed by atoms with E-state index in [2.05, 4.69) is 56.5 Å². The molecule has 2 aromatic rings. The number of aromatic nitrogens is 2. The number of hydrogen-bond acceptors (Lipinski definition) is 5. The third-order valence-electron chi connectivity index (χ3n) is 6.51. The predicted octanol–water partition coefficient (Wildman–Crippen LogP) is 3.66. The minimum atomic E-state index is 0.0299. The van der Waals surface area contributed by atoms with Gasteiger partial charge >= 0.3 is 0 Å². The summed E-state index contributed by atoms with van der Waals surface area (Å²) >= 11 is 0. The van der Waals surface area contributed by atoms with Gasteiger partial charge in [-0.2, -0.15) is 0 Å². The Morgan fingerprint density at radius 2 is 1.81 bits per heavy atom. The SMILES string of the molecule is Cc1ccc(-c2ccc(N3CCC[C@H](C(=O)NCCCN4CCCCC4)C3)nn2)cc1. The van der Waals surface area contributed by atoms with Crippen LogP contribution in [0.25, 0.3) is 11.3 Å². The minimum absolute atomic E-state index is 0.0299. The average molecular weight is 422 g/mol. The van der Waals surface area contributed by atoms with Crippen LogP contribution in [0.1, 0.15) is 44.1 Å². The van der Waals surface area contributed by atoms with E-state index in [1.54, 1.807) is 0 Å². The largest absolute Gasteiger partial charge is 0.356 e. The van der Waals surface area contributed by atoms with Crippen molar-refractivity contribution in [3.05, 3.63) is 42.0 Å². The molecule has 6 nitrogen and oxygen atoms in total. The second-order valence-corrected chi connectivity index (χ2v) is 8.97. The van der Waals surface area contributed by atoms with Crippen molar-refractivity contribution < 1.29 is 4.79 Å². The summed E-state index contributed by atoms with van der Waals surface area (Å²) in [7, 11) is 0. The Hall–Kier alpha value is -2.47. The van der Waals surface area contributed by atoms with E-state index in [4.69, 9.17) is 0 Å². The van der Waals surface area contributed by atoms with Crippen molar-refractivity contribution in [1.82, 2.24) is 20.4 Å². The molecule has 0 spiro atoms. The highest BCUT2D eigenvalue weighted by Crippen LogP contribution is 2.23. The maximum Gasteiger partial charge on any atom is 0.224 e. The van der Waals surface area contributed by atoms with Crippen LogP contribution >= 0.6 is 0 Å². The number of aryl methyl sites for hydroxylation is 1. The van der Waals surface area contributed by atoms with E-state index in [1.807, 2.05) is 12.1 Å². The predicted molar refractivity (Wildman–Crippen MR) is 125 cm³/mol. The zero-order chi connectivity index (χ0) is 21.5. The molecule has 166 valence electrons. The number of piperidine rings is 2. The normalized spacial score (nSPS) is 19.9. The number of nitrogens with zero attached hydrogens (tertiary/aromatic N) is 4. The molecule has 1 aromatic carbocycles. The molecule has 0 radical (unpaired) electrons. The maximum atomic E-state index is 12.7. The molecule has 1 amide bonds. The molecule has 6 heteroatoms. The zero-order valence-electron chi connectivity index (χ0n) is 18.7. The number of nitrogens with one attached hydrogen (secondary N) is 1. The van der Waals surface area contributed by atoms with Gasteiger partial charge in [-0.3, -0.25) is 4.79 Å². The van der Waals surface area contributed by atoms with Crippen LogP contribution < -0.4 is 10.2 Å². The van der Waals surface area contributed by atoms with Crippen molar-refractivity contribution in [2.45, 2.75) is 45.4 Å². The molecule has 0 unspecified atom stereocenters. The smallest absolute Gasteiger partial charge is 0.224 e. The van der Waals surface area contributed by atoms with Gasteiger partial charge in [0.05, 0.1) is 11.6 Å². The number of hydrogen-bond donors (Lipinski definition) is 1. The van der Waals surface area contributed by atoms with Gasteiger partial charge in [-0.25, -0.2) is 0 Å². The van der Waals surface area contributed by atoms with Gasteiger partial charge in [-0.05, 0) is 70.8 Å². The van der Waals surface area contributed by atoms with Crippen LogP contribution in [0.2, 0.25) is 0 Å². The van der Waals surface area contributed by atoms with Crippen molar-refractivity contribution in [3.8, 4) is 11.3 Å². The second-order valence-electron chi connectivity index (χ2n) is 8.97. The Morgan fingerprint density at radius 1 is 1.00 bits per heavy atom. The van der Waals surface area contributed by atoms with Gasteiger partial charge in [-0.15, -0.1) is 10.2 Å². The van der Waals surface area contributed by atoms with Gasteiger partial charge in [-0.1, -0.05) is 36.2 Å². The van der Waals surface area contributed by atoms with Gasteiger partial charge in [0, 0.05) is 25.2 Å². The summed E-state index contributed by atoms with van der Waals surface area (Å²) in [5, 5.41) is 12.1. The third-order valence-corrected chi connectivity index (χ3v) is 6.51. The highest BCUT2D eigenvalue weighted by molar-refractivity contribution is 5.79. The van der Waals surface area contributed by atoms with Crippen LogP contribution in [-0.4, -0.2) is 60.3 Å². The van der Waals surface area contributed by atoms with Crippen LogP contribution in [0, 0.1) is 12.8 Å². The molecule has 0 bridgehead atoms. The van der Waals surface area contributed by atoms with E-state index in [0.29, 0.717) is 0 Å².